The first-order chi connectivity index (χ1) is 10.3. The van der Waals surface area contributed by atoms with Gasteiger partial charge in [0.25, 0.3) is 5.91 Å². The van der Waals surface area contributed by atoms with Crippen LogP contribution in [-0.2, 0) is 9.59 Å². The summed E-state index contributed by atoms with van der Waals surface area (Å²) in [6.45, 7) is -0.0420. The summed E-state index contributed by atoms with van der Waals surface area (Å²) in [6, 6.07) is 3.61. The fourth-order valence-electron chi connectivity index (χ4n) is 2.35. The number of carbonyl (C=O) groups is 2. The van der Waals surface area contributed by atoms with Gasteiger partial charge in [-0.15, -0.1) is 0 Å². The Bertz CT molecular complexity index is 496. The van der Waals surface area contributed by atoms with Gasteiger partial charge in [0.1, 0.15) is 0 Å². The van der Waals surface area contributed by atoms with E-state index in [0.29, 0.717) is 0 Å². The zero-order valence-electron chi connectivity index (χ0n) is 11.9. The highest BCUT2D eigenvalue weighted by atomic mass is 16.2. The number of hydrazone groups is 1. The highest BCUT2D eigenvalue weighted by molar-refractivity contribution is 5.86. The number of hydrogen-bond donors (Lipinski definition) is 2. The van der Waals surface area contributed by atoms with Gasteiger partial charge >= 0.3 is 0 Å². The maximum absolute atomic E-state index is 11.9. The minimum absolute atomic E-state index is 0.0268. The van der Waals surface area contributed by atoms with Crippen LogP contribution < -0.4 is 10.7 Å². The van der Waals surface area contributed by atoms with E-state index in [4.69, 9.17) is 0 Å². The average Bonchev–Trinajstić information content (AvgIpc) is 2.54. The second kappa shape index (κ2) is 8.14. The van der Waals surface area contributed by atoms with Crippen molar-refractivity contribution in [2.45, 2.75) is 32.1 Å². The third kappa shape index (κ3) is 5.33. The lowest BCUT2D eigenvalue weighted by Crippen LogP contribution is -2.38. The lowest BCUT2D eigenvalue weighted by atomic mass is 9.89. The van der Waals surface area contributed by atoms with Gasteiger partial charge in [-0.25, -0.2) is 5.43 Å². The molecule has 0 atom stereocenters. The Morgan fingerprint density at radius 1 is 1.33 bits per heavy atom. The quantitative estimate of drug-likeness (QED) is 0.631. The molecule has 0 spiro atoms. The van der Waals surface area contributed by atoms with Gasteiger partial charge < -0.3 is 5.32 Å². The molecule has 2 rings (SSSR count). The molecule has 1 saturated carbocycles. The third-order valence-electron chi connectivity index (χ3n) is 3.49. The molecule has 112 valence electrons. The molecular weight excluding hydrogens is 268 g/mol. The summed E-state index contributed by atoms with van der Waals surface area (Å²) in [4.78, 5) is 27.4. The van der Waals surface area contributed by atoms with Crippen LogP contribution in [-0.4, -0.2) is 29.6 Å². The van der Waals surface area contributed by atoms with Gasteiger partial charge in [0.05, 0.1) is 12.8 Å². The zero-order valence-corrected chi connectivity index (χ0v) is 11.9. The molecule has 1 aliphatic rings. The van der Waals surface area contributed by atoms with Gasteiger partial charge in [0, 0.05) is 23.9 Å². The molecule has 0 aromatic carbocycles. The molecule has 0 unspecified atom stereocenters. The van der Waals surface area contributed by atoms with E-state index >= 15 is 0 Å². The van der Waals surface area contributed by atoms with Crippen LogP contribution in [0.1, 0.15) is 37.7 Å². The Labute approximate surface area is 124 Å². The predicted octanol–water partition coefficient (Wildman–Crippen LogP) is 1.23. The molecule has 1 aromatic rings. The van der Waals surface area contributed by atoms with E-state index in [2.05, 4.69) is 20.8 Å². The summed E-state index contributed by atoms with van der Waals surface area (Å²) in [5, 5.41) is 6.48. The maximum atomic E-state index is 11.9. The Balaban J connectivity index is 1.67. The van der Waals surface area contributed by atoms with Crippen molar-refractivity contribution in [3.8, 4) is 0 Å². The zero-order chi connectivity index (χ0) is 14.9. The Hall–Kier alpha value is -2.24. The molecule has 0 bridgehead atoms. The summed E-state index contributed by atoms with van der Waals surface area (Å²) >= 11 is 0. The molecule has 0 radical (unpaired) electrons. The molecule has 1 aliphatic carbocycles. The van der Waals surface area contributed by atoms with Crippen molar-refractivity contribution in [2.75, 3.05) is 6.54 Å². The first-order valence-electron chi connectivity index (χ1n) is 7.25. The molecule has 0 saturated heterocycles. The largest absolute Gasteiger partial charge is 0.347 e. The number of pyridine rings is 1. The van der Waals surface area contributed by atoms with Gasteiger partial charge in [-0.2, -0.15) is 5.10 Å². The lowest BCUT2D eigenvalue weighted by molar-refractivity contribution is -0.129. The van der Waals surface area contributed by atoms with Gasteiger partial charge in [-0.1, -0.05) is 25.3 Å². The summed E-state index contributed by atoms with van der Waals surface area (Å²) in [5.74, 6) is -0.300. The molecule has 1 aromatic heterocycles. The van der Waals surface area contributed by atoms with Crippen molar-refractivity contribution < 1.29 is 9.59 Å². The average molecular weight is 288 g/mol. The lowest BCUT2D eigenvalue weighted by Gasteiger charge is -2.20. The smallest absolute Gasteiger partial charge is 0.259 e. The second-order valence-corrected chi connectivity index (χ2v) is 5.13. The Morgan fingerprint density at radius 2 is 2.14 bits per heavy atom. The highest BCUT2D eigenvalue weighted by Gasteiger charge is 2.21. The Morgan fingerprint density at radius 3 is 2.86 bits per heavy atom. The van der Waals surface area contributed by atoms with Crippen LogP contribution in [0, 0.1) is 5.92 Å². The molecule has 0 aliphatic heterocycles. The van der Waals surface area contributed by atoms with E-state index in [1.165, 1.54) is 12.6 Å². The van der Waals surface area contributed by atoms with Gasteiger partial charge in [0.15, 0.2) is 0 Å². The number of amides is 2. The van der Waals surface area contributed by atoms with Crippen molar-refractivity contribution in [3.63, 3.8) is 0 Å². The maximum Gasteiger partial charge on any atom is 0.259 e. The predicted molar refractivity (Wildman–Crippen MR) is 79.6 cm³/mol. The van der Waals surface area contributed by atoms with Gasteiger partial charge in [-0.3, -0.25) is 14.6 Å². The minimum Gasteiger partial charge on any atom is -0.347 e. The van der Waals surface area contributed by atoms with Crippen molar-refractivity contribution in [2.24, 2.45) is 11.0 Å². The standard InChI is InChI=1S/C15H20N4O2/c20-14(19-18-10-12-5-4-8-16-9-12)11-17-15(21)13-6-2-1-3-7-13/h4-5,8-10,13H,1-3,6-7,11H2,(H,17,21)(H,19,20)/b18-10+. The van der Waals surface area contributed by atoms with E-state index in [-0.39, 0.29) is 24.3 Å². The minimum atomic E-state index is -0.334. The van der Waals surface area contributed by atoms with E-state index in [1.807, 2.05) is 6.07 Å². The molecule has 2 amide bonds. The fraction of sp³-hybridized carbons (Fsp3) is 0.467. The fourth-order valence-corrected chi connectivity index (χ4v) is 2.35. The van der Waals surface area contributed by atoms with E-state index < -0.39 is 0 Å². The van der Waals surface area contributed by atoms with Crippen LogP contribution in [0.15, 0.2) is 29.6 Å². The molecule has 2 N–H and O–H groups in total. The number of rotatable bonds is 5. The van der Waals surface area contributed by atoms with Gasteiger partial charge in [0.2, 0.25) is 5.91 Å². The number of hydrogen-bond acceptors (Lipinski definition) is 4. The monoisotopic (exact) mass is 288 g/mol. The van der Waals surface area contributed by atoms with E-state index in [1.54, 1.807) is 18.5 Å². The Kier molecular flexibility index (Phi) is 5.87. The molecule has 1 heterocycles. The summed E-state index contributed by atoms with van der Waals surface area (Å²) in [6.07, 6.45) is 10.1. The highest BCUT2D eigenvalue weighted by Crippen LogP contribution is 2.23. The number of aromatic nitrogens is 1. The number of carbonyl (C=O) groups excluding carboxylic acids is 2. The van der Waals surface area contributed by atoms with E-state index in [9.17, 15) is 9.59 Å². The third-order valence-corrected chi connectivity index (χ3v) is 3.49. The molecule has 1 fully saturated rings. The van der Waals surface area contributed by atoms with Crippen LogP contribution >= 0.6 is 0 Å². The SMILES string of the molecule is O=C(CNC(=O)C1CCCCC1)N/N=C/c1cccnc1. The summed E-state index contributed by atoms with van der Waals surface area (Å²) in [5.41, 5.74) is 3.17. The van der Waals surface area contributed by atoms with Crippen molar-refractivity contribution in [3.05, 3.63) is 30.1 Å². The second-order valence-electron chi connectivity index (χ2n) is 5.13. The van der Waals surface area contributed by atoms with Gasteiger partial charge in [-0.05, 0) is 18.9 Å². The molecular formula is C15H20N4O2. The van der Waals surface area contributed by atoms with Crippen molar-refractivity contribution in [1.29, 1.82) is 0 Å². The van der Waals surface area contributed by atoms with Crippen LogP contribution in [0.2, 0.25) is 0 Å². The summed E-state index contributed by atoms with van der Waals surface area (Å²) in [7, 11) is 0. The van der Waals surface area contributed by atoms with Crippen molar-refractivity contribution >= 4 is 18.0 Å². The number of nitrogens with one attached hydrogen (secondary N) is 2. The number of nitrogens with zero attached hydrogens (tertiary/aromatic N) is 2. The van der Waals surface area contributed by atoms with Crippen LogP contribution in [0.3, 0.4) is 0 Å². The van der Waals surface area contributed by atoms with Crippen molar-refractivity contribution in [1.82, 2.24) is 15.7 Å². The van der Waals surface area contributed by atoms with Crippen LogP contribution in [0.25, 0.3) is 0 Å². The first-order valence-corrected chi connectivity index (χ1v) is 7.25. The molecule has 21 heavy (non-hydrogen) atoms. The first kappa shape index (κ1) is 15.2. The molecule has 6 heteroatoms. The summed E-state index contributed by atoms with van der Waals surface area (Å²) < 4.78 is 0. The molecule has 6 nitrogen and oxygen atoms in total. The topological polar surface area (TPSA) is 83.5 Å². The van der Waals surface area contributed by atoms with Crippen LogP contribution in [0.4, 0.5) is 0 Å². The van der Waals surface area contributed by atoms with Crippen LogP contribution in [0.5, 0.6) is 0 Å². The van der Waals surface area contributed by atoms with E-state index in [0.717, 1.165) is 31.2 Å². The normalized spacial score (nSPS) is 15.8.